The molecule has 0 radical (unpaired) electrons. The van der Waals surface area contributed by atoms with Crippen LogP contribution in [0.25, 0.3) is 6.08 Å². The van der Waals surface area contributed by atoms with Crippen molar-refractivity contribution in [1.82, 2.24) is 4.90 Å². The average Bonchev–Trinajstić information content (AvgIpc) is 2.87. The maximum absolute atomic E-state index is 12.0. The van der Waals surface area contributed by atoms with Crippen molar-refractivity contribution in [2.24, 2.45) is 5.92 Å². The van der Waals surface area contributed by atoms with Crippen LogP contribution in [0.1, 0.15) is 18.4 Å². The molecule has 1 fully saturated rings. The molecule has 4 nitrogen and oxygen atoms in total. The van der Waals surface area contributed by atoms with Gasteiger partial charge in [-0.3, -0.25) is 9.59 Å². The number of amides is 1. The molecule has 1 N–H and O–H groups in total. The molecule has 1 amide bonds. The van der Waals surface area contributed by atoms with Crippen molar-refractivity contribution >= 4 is 41.2 Å². The first-order chi connectivity index (χ1) is 9.95. The van der Waals surface area contributed by atoms with Gasteiger partial charge in [-0.25, -0.2) is 0 Å². The molecule has 1 heterocycles. The third-order valence-electron chi connectivity index (χ3n) is 3.42. The molecular weight excluding hydrogens is 313 g/mol. The Morgan fingerprint density at radius 3 is 2.76 bits per heavy atom. The maximum Gasteiger partial charge on any atom is 0.303 e. The van der Waals surface area contributed by atoms with Crippen molar-refractivity contribution in [2.75, 3.05) is 13.1 Å². The van der Waals surface area contributed by atoms with Gasteiger partial charge in [0.25, 0.3) is 0 Å². The van der Waals surface area contributed by atoms with E-state index < -0.39 is 5.97 Å². The van der Waals surface area contributed by atoms with Crippen LogP contribution in [0.2, 0.25) is 10.0 Å². The van der Waals surface area contributed by atoms with Crippen molar-refractivity contribution in [3.8, 4) is 0 Å². The average molecular weight is 328 g/mol. The highest BCUT2D eigenvalue weighted by Gasteiger charge is 2.26. The van der Waals surface area contributed by atoms with E-state index in [1.165, 1.54) is 6.08 Å². The molecule has 1 aromatic carbocycles. The number of aliphatic carboxylic acids is 1. The fourth-order valence-electron chi connectivity index (χ4n) is 2.34. The molecule has 112 valence electrons. The molecule has 0 aliphatic carbocycles. The van der Waals surface area contributed by atoms with Gasteiger partial charge in [0.1, 0.15) is 0 Å². The predicted molar refractivity (Wildman–Crippen MR) is 82.4 cm³/mol. The van der Waals surface area contributed by atoms with Crippen LogP contribution in [0.15, 0.2) is 24.3 Å². The van der Waals surface area contributed by atoms with Crippen LogP contribution in [0.5, 0.6) is 0 Å². The second-order valence-corrected chi connectivity index (χ2v) is 5.86. The van der Waals surface area contributed by atoms with Crippen LogP contribution in [-0.2, 0) is 9.59 Å². The minimum atomic E-state index is -0.819. The Bertz CT molecular complexity index is 586. The molecular formula is C15H15Cl2NO3. The van der Waals surface area contributed by atoms with Gasteiger partial charge in [-0.05, 0) is 36.1 Å². The van der Waals surface area contributed by atoms with Crippen molar-refractivity contribution in [3.05, 3.63) is 39.9 Å². The van der Waals surface area contributed by atoms with E-state index in [-0.39, 0.29) is 18.2 Å². The number of nitrogens with zero attached hydrogens (tertiary/aromatic N) is 1. The summed E-state index contributed by atoms with van der Waals surface area (Å²) >= 11 is 11.7. The summed E-state index contributed by atoms with van der Waals surface area (Å²) in [5.41, 5.74) is 0.791. The molecule has 0 bridgehead atoms. The zero-order valence-electron chi connectivity index (χ0n) is 11.3. The number of carboxylic acids is 1. The van der Waals surface area contributed by atoms with Gasteiger partial charge in [0, 0.05) is 25.6 Å². The van der Waals surface area contributed by atoms with E-state index in [1.807, 2.05) is 0 Å². The summed E-state index contributed by atoms with van der Waals surface area (Å²) < 4.78 is 0. The Labute approximate surface area is 133 Å². The highest BCUT2D eigenvalue weighted by Crippen LogP contribution is 2.23. The maximum atomic E-state index is 12.0. The van der Waals surface area contributed by atoms with Crippen molar-refractivity contribution < 1.29 is 14.7 Å². The van der Waals surface area contributed by atoms with E-state index in [2.05, 4.69) is 0 Å². The summed E-state index contributed by atoms with van der Waals surface area (Å²) in [7, 11) is 0. The van der Waals surface area contributed by atoms with Gasteiger partial charge < -0.3 is 10.0 Å². The topological polar surface area (TPSA) is 57.6 Å². The second-order valence-electron chi connectivity index (χ2n) is 5.04. The third-order valence-corrected chi connectivity index (χ3v) is 4.16. The highest BCUT2D eigenvalue weighted by molar-refractivity contribution is 6.42. The van der Waals surface area contributed by atoms with Crippen molar-refractivity contribution in [3.63, 3.8) is 0 Å². The molecule has 1 saturated heterocycles. The van der Waals surface area contributed by atoms with Gasteiger partial charge in [0.2, 0.25) is 5.91 Å². The van der Waals surface area contributed by atoms with Gasteiger partial charge in [-0.15, -0.1) is 0 Å². The first-order valence-corrected chi connectivity index (χ1v) is 7.35. The molecule has 1 aliphatic rings. The lowest BCUT2D eigenvalue weighted by Gasteiger charge is -2.13. The Kier molecular flexibility index (Phi) is 5.26. The van der Waals surface area contributed by atoms with E-state index in [1.54, 1.807) is 29.2 Å². The monoisotopic (exact) mass is 327 g/mol. The van der Waals surface area contributed by atoms with E-state index in [0.717, 1.165) is 12.0 Å². The van der Waals surface area contributed by atoms with E-state index in [0.29, 0.717) is 23.1 Å². The minimum Gasteiger partial charge on any atom is -0.481 e. The number of hydrogen-bond acceptors (Lipinski definition) is 2. The summed E-state index contributed by atoms with van der Waals surface area (Å²) in [4.78, 5) is 24.4. The van der Waals surface area contributed by atoms with Gasteiger partial charge in [0.15, 0.2) is 0 Å². The Morgan fingerprint density at radius 1 is 1.33 bits per heavy atom. The van der Waals surface area contributed by atoms with Crippen LogP contribution in [0, 0.1) is 5.92 Å². The van der Waals surface area contributed by atoms with Crippen LogP contribution < -0.4 is 0 Å². The van der Waals surface area contributed by atoms with Crippen molar-refractivity contribution in [2.45, 2.75) is 12.8 Å². The quantitative estimate of drug-likeness (QED) is 0.863. The molecule has 1 atom stereocenters. The number of likely N-dealkylation sites (tertiary alicyclic amines) is 1. The molecule has 0 aromatic heterocycles. The number of rotatable bonds is 4. The van der Waals surface area contributed by atoms with E-state index >= 15 is 0 Å². The number of hydrogen-bond donors (Lipinski definition) is 1. The number of halogens is 2. The van der Waals surface area contributed by atoms with Crippen LogP contribution >= 0.6 is 23.2 Å². The van der Waals surface area contributed by atoms with E-state index in [4.69, 9.17) is 28.3 Å². The van der Waals surface area contributed by atoms with Gasteiger partial charge >= 0.3 is 5.97 Å². The second kappa shape index (κ2) is 6.96. The predicted octanol–water partition coefficient (Wildman–Crippen LogP) is 3.33. The molecule has 6 heteroatoms. The Balaban J connectivity index is 1.94. The summed E-state index contributed by atoms with van der Waals surface area (Å²) in [5, 5.41) is 9.67. The number of carboxylic acid groups (broad SMARTS) is 1. The largest absolute Gasteiger partial charge is 0.481 e. The Morgan fingerprint density at radius 2 is 2.10 bits per heavy atom. The number of carbonyl (C=O) groups is 2. The fraction of sp³-hybridized carbons (Fsp3) is 0.333. The summed E-state index contributed by atoms with van der Waals surface area (Å²) in [6.45, 7) is 1.10. The lowest BCUT2D eigenvalue weighted by Crippen LogP contribution is -2.27. The standard InChI is InChI=1S/C15H15Cl2NO3/c16-12-3-1-10(7-13(12)17)2-4-14(19)18-6-5-11(9-18)8-15(20)21/h1-4,7,11H,5-6,8-9H2,(H,20,21). The first kappa shape index (κ1) is 15.9. The fourth-order valence-corrected chi connectivity index (χ4v) is 2.64. The molecule has 0 spiro atoms. The zero-order valence-corrected chi connectivity index (χ0v) is 12.8. The SMILES string of the molecule is O=C(O)CC1CCN(C(=O)C=Cc2ccc(Cl)c(Cl)c2)C1. The van der Waals surface area contributed by atoms with Gasteiger partial charge in [0.05, 0.1) is 10.0 Å². The molecule has 21 heavy (non-hydrogen) atoms. The number of benzene rings is 1. The first-order valence-electron chi connectivity index (χ1n) is 6.59. The molecule has 2 rings (SSSR count). The van der Waals surface area contributed by atoms with Gasteiger partial charge in [-0.1, -0.05) is 29.3 Å². The normalized spacial score (nSPS) is 18.4. The summed E-state index contributed by atoms with van der Waals surface area (Å²) in [6.07, 6.45) is 4.00. The molecule has 1 aliphatic heterocycles. The summed E-state index contributed by atoms with van der Waals surface area (Å²) in [6, 6.07) is 5.13. The van der Waals surface area contributed by atoms with Gasteiger partial charge in [-0.2, -0.15) is 0 Å². The Hall–Kier alpha value is -1.52. The molecule has 1 aromatic rings. The minimum absolute atomic E-state index is 0.0461. The van der Waals surface area contributed by atoms with Crippen LogP contribution in [0.4, 0.5) is 0 Å². The lowest BCUT2D eigenvalue weighted by atomic mass is 10.1. The number of carbonyl (C=O) groups excluding carboxylic acids is 1. The van der Waals surface area contributed by atoms with Crippen molar-refractivity contribution in [1.29, 1.82) is 0 Å². The zero-order chi connectivity index (χ0) is 15.4. The smallest absolute Gasteiger partial charge is 0.303 e. The lowest BCUT2D eigenvalue weighted by molar-refractivity contribution is -0.138. The third kappa shape index (κ3) is 4.48. The molecule has 0 saturated carbocycles. The van der Waals surface area contributed by atoms with Crippen LogP contribution in [0.3, 0.4) is 0 Å². The summed E-state index contributed by atoms with van der Waals surface area (Å²) in [5.74, 6) is -0.889. The highest BCUT2D eigenvalue weighted by atomic mass is 35.5. The molecule has 1 unspecified atom stereocenters. The van der Waals surface area contributed by atoms with Crippen LogP contribution in [-0.4, -0.2) is 35.0 Å². The van der Waals surface area contributed by atoms with E-state index in [9.17, 15) is 9.59 Å².